The van der Waals surface area contributed by atoms with Gasteiger partial charge in [0.05, 0.1) is 5.56 Å². The van der Waals surface area contributed by atoms with E-state index in [0.29, 0.717) is 5.69 Å². The zero-order chi connectivity index (χ0) is 22.7. The number of nitrogens with one attached hydrogen (secondary N) is 1. The summed E-state index contributed by atoms with van der Waals surface area (Å²) in [5, 5.41) is 9.03. The highest BCUT2D eigenvalue weighted by Crippen LogP contribution is 2.26. The number of nitrogens with two attached hydrogens (primary N) is 1. The van der Waals surface area contributed by atoms with Crippen molar-refractivity contribution in [3.05, 3.63) is 84.3 Å². The summed E-state index contributed by atoms with van der Waals surface area (Å²) in [6.45, 7) is 0. The van der Waals surface area contributed by atoms with Gasteiger partial charge in [0.15, 0.2) is 0 Å². The van der Waals surface area contributed by atoms with E-state index >= 15 is 0 Å². The molecule has 0 bridgehead atoms. The van der Waals surface area contributed by atoms with Crippen molar-refractivity contribution in [2.75, 3.05) is 0 Å². The van der Waals surface area contributed by atoms with E-state index < -0.39 is 23.6 Å². The molecule has 1 atom stereocenters. The lowest BCUT2D eigenvalue weighted by molar-refractivity contribution is -0.137. The topological polar surface area (TPSA) is 120 Å². The van der Waals surface area contributed by atoms with Gasteiger partial charge in [-0.2, -0.15) is 5.10 Å². The fourth-order valence-electron chi connectivity index (χ4n) is 3.57. The molecule has 1 unspecified atom stereocenters. The van der Waals surface area contributed by atoms with E-state index in [1.807, 2.05) is 54.6 Å². The van der Waals surface area contributed by atoms with Gasteiger partial charge >= 0.3 is 0 Å². The first-order valence-electron chi connectivity index (χ1n) is 9.98. The molecule has 8 nitrogen and oxygen atoms in total. The second kappa shape index (κ2) is 8.81. The van der Waals surface area contributed by atoms with Gasteiger partial charge in [0.25, 0.3) is 11.8 Å². The smallest absolute Gasteiger partial charge is 0.287 e. The van der Waals surface area contributed by atoms with Crippen LogP contribution < -0.4 is 11.1 Å². The third-order valence-electron chi connectivity index (χ3n) is 5.13. The van der Waals surface area contributed by atoms with Crippen LogP contribution in [0.1, 0.15) is 15.9 Å². The van der Waals surface area contributed by atoms with Crippen molar-refractivity contribution >= 4 is 28.4 Å². The molecule has 8 heteroatoms. The Hall–Kier alpha value is -4.33. The van der Waals surface area contributed by atoms with Crippen LogP contribution in [0.4, 0.5) is 0 Å². The molecule has 2 heterocycles. The number of fused-ring (bicyclic) bond motifs is 1. The van der Waals surface area contributed by atoms with E-state index in [1.165, 1.54) is 4.68 Å². The zero-order valence-electron chi connectivity index (χ0n) is 17.4. The minimum absolute atomic E-state index is 0.144. The van der Waals surface area contributed by atoms with Crippen LogP contribution in [0.3, 0.4) is 0 Å². The fourth-order valence-corrected chi connectivity index (χ4v) is 3.57. The summed E-state index contributed by atoms with van der Waals surface area (Å²) in [5.74, 6) is -2.47. The number of amides is 2. The average Bonchev–Trinajstić information content (AvgIpc) is 3.20. The van der Waals surface area contributed by atoms with Gasteiger partial charge in [-0.3, -0.25) is 24.0 Å². The van der Waals surface area contributed by atoms with Gasteiger partial charge in [0.1, 0.15) is 11.7 Å². The summed E-state index contributed by atoms with van der Waals surface area (Å²) in [4.78, 5) is 41.3. The Morgan fingerprint density at radius 3 is 2.59 bits per heavy atom. The Balaban J connectivity index is 1.65. The highest BCUT2D eigenvalue weighted by molar-refractivity contribution is 6.38. The molecule has 0 aliphatic carbocycles. The van der Waals surface area contributed by atoms with Gasteiger partial charge in [-0.05, 0) is 23.1 Å². The van der Waals surface area contributed by atoms with Gasteiger partial charge in [-0.15, -0.1) is 0 Å². The van der Waals surface area contributed by atoms with Crippen molar-refractivity contribution in [2.24, 2.45) is 12.8 Å². The molecular formula is C24H21N5O3. The molecule has 4 aromatic rings. The van der Waals surface area contributed by atoms with Gasteiger partial charge in [0.2, 0.25) is 5.78 Å². The quantitative estimate of drug-likeness (QED) is 0.437. The summed E-state index contributed by atoms with van der Waals surface area (Å²) in [6.07, 6.45) is 5.17. The highest BCUT2D eigenvalue weighted by atomic mass is 16.2. The lowest BCUT2D eigenvalue weighted by Gasteiger charge is -2.16. The van der Waals surface area contributed by atoms with Crippen LogP contribution in [-0.2, 0) is 23.1 Å². The van der Waals surface area contributed by atoms with Gasteiger partial charge in [-0.25, -0.2) is 0 Å². The number of carbonyl (C=O) groups excluding carboxylic acids is 3. The Bertz CT molecular complexity index is 1310. The first kappa shape index (κ1) is 20.9. The summed E-state index contributed by atoms with van der Waals surface area (Å²) < 4.78 is 1.53. The van der Waals surface area contributed by atoms with E-state index in [-0.39, 0.29) is 12.0 Å². The predicted octanol–water partition coefficient (Wildman–Crippen LogP) is 2.03. The molecule has 2 amide bonds. The maximum Gasteiger partial charge on any atom is 0.287 e. The molecule has 4 rings (SSSR count). The largest absolute Gasteiger partial charge is 0.363 e. The molecule has 160 valence electrons. The lowest BCUT2D eigenvalue weighted by atomic mass is 10.0. The maximum atomic E-state index is 13.2. The summed E-state index contributed by atoms with van der Waals surface area (Å²) in [7, 11) is 1.71. The van der Waals surface area contributed by atoms with Crippen molar-refractivity contribution in [2.45, 2.75) is 12.5 Å². The molecule has 2 aromatic heterocycles. The van der Waals surface area contributed by atoms with Gasteiger partial charge in [-0.1, -0.05) is 42.5 Å². The van der Waals surface area contributed by atoms with Crippen molar-refractivity contribution in [3.63, 3.8) is 0 Å². The fraction of sp³-hybridized carbons (Fsp3) is 0.125. The van der Waals surface area contributed by atoms with Crippen LogP contribution in [0, 0.1) is 0 Å². The van der Waals surface area contributed by atoms with Crippen LogP contribution in [-0.4, -0.2) is 38.4 Å². The summed E-state index contributed by atoms with van der Waals surface area (Å²) in [6, 6.07) is 15.6. The molecule has 0 aliphatic rings. The third-order valence-corrected chi connectivity index (χ3v) is 5.13. The molecular weight excluding hydrogens is 406 g/mol. The van der Waals surface area contributed by atoms with Crippen LogP contribution >= 0.6 is 0 Å². The van der Waals surface area contributed by atoms with Gasteiger partial charge in [0, 0.05) is 43.0 Å². The number of carbonyl (C=O) groups is 3. The molecule has 2 aromatic carbocycles. The number of benzene rings is 2. The van der Waals surface area contributed by atoms with Crippen LogP contribution in [0.2, 0.25) is 0 Å². The molecule has 3 N–H and O–H groups in total. The number of hydrogen-bond donors (Lipinski definition) is 2. The summed E-state index contributed by atoms with van der Waals surface area (Å²) in [5.41, 5.74) is 7.49. The number of Topliss-reactive ketones (excluding diaryl/α,β-unsaturated/α-hetero) is 1. The molecule has 0 saturated heterocycles. The van der Waals surface area contributed by atoms with E-state index in [4.69, 9.17) is 5.73 Å². The van der Waals surface area contributed by atoms with Crippen molar-refractivity contribution in [1.82, 2.24) is 20.1 Å². The second-order valence-corrected chi connectivity index (χ2v) is 7.45. The first-order valence-corrected chi connectivity index (χ1v) is 9.98. The minimum Gasteiger partial charge on any atom is -0.363 e. The molecule has 0 aliphatic heterocycles. The number of ketones is 1. The van der Waals surface area contributed by atoms with Crippen LogP contribution in [0.5, 0.6) is 0 Å². The zero-order valence-corrected chi connectivity index (χ0v) is 17.4. The summed E-state index contributed by atoms with van der Waals surface area (Å²) >= 11 is 0. The monoisotopic (exact) mass is 427 g/mol. The maximum absolute atomic E-state index is 13.2. The molecule has 0 radical (unpaired) electrons. The minimum atomic E-state index is -1.10. The number of nitrogens with zero attached hydrogens (tertiary/aromatic N) is 3. The Labute approximate surface area is 184 Å². The van der Waals surface area contributed by atoms with Crippen LogP contribution in [0.15, 0.2) is 73.2 Å². The lowest BCUT2D eigenvalue weighted by Crippen LogP contribution is -2.47. The van der Waals surface area contributed by atoms with Crippen molar-refractivity contribution < 1.29 is 14.4 Å². The van der Waals surface area contributed by atoms with E-state index in [9.17, 15) is 14.4 Å². The number of aryl methyl sites for hydroxylation is 1. The van der Waals surface area contributed by atoms with E-state index in [1.54, 1.807) is 25.6 Å². The standard InChI is InChI=1S/C24H21N5O3/c1-29-14-19(21(28-29)17-8-7-16-9-10-26-13-18(16)12-17)24(32)27-20(22(30)23(25)31)11-15-5-3-2-4-6-15/h2-10,12-14,20H,11H2,1H3,(H2,25,31)(H,27,32). The SMILES string of the molecule is Cn1cc(C(=O)NC(Cc2ccccc2)C(=O)C(N)=O)c(-c2ccc3ccncc3c2)n1. The van der Waals surface area contributed by atoms with E-state index in [0.717, 1.165) is 21.9 Å². The Morgan fingerprint density at radius 1 is 1.06 bits per heavy atom. The Morgan fingerprint density at radius 2 is 1.84 bits per heavy atom. The Kier molecular flexibility index (Phi) is 5.76. The average molecular weight is 427 g/mol. The van der Waals surface area contributed by atoms with Crippen molar-refractivity contribution in [3.8, 4) is 11.3 Å². The number of hydrogen-bond acceptors (Lipinski definition) is 5. The number of aromatic nitrogens is 3. The number of pyridine rings is 1. The van der Waals surface area contributed by atoms with Crippen LogP contribution in [0.25, 0.3) is 22.0 Å². The normalized spacial score (nSPS) is 11.8. The molecule has 0 fully saturated rings. The van der Waals surface area contributed by atoms with Crippen molar-refractivity contribution in [1.29, 1.82) is 0 Å². The first-order chi connectivity index (χ1) is 15.4. The third kappa shape index (κ3) is 4.39. The number of primary amides is 1. The molecule has 0 spiro atoms. The predicted molar refractivity (Wildman–Crippen MR) is 120 cm³/mol. The highest BCUT2D eigenvalue weighted by Gasteiger charge is 2.27. The molecule has 0 saturated carbocycles. The van der Waals surface area contributed by atoms with Gasteiger partial charge < -0.3 is 11.1 Å². The van der Waals surface area contributed by atoms with E-state index in [2.05, 4.69) is 15.4 Å². The molecule has 32 heavy (non-hydrogen) atoms. The number of rotatable bonds is 7. The second-order valence-electron chi connectivity index (χ2n) is 7.45.